The Morgan fingerprint density at radius 1 is 1.57 bits per heavy atom. The molecule has 1 heterocycles. The molecule has 0 radical (unpaired) electrons. The zero-order valence-electron chi connectivity index (χ0n) is 7.36. The van der Waals surface area contributed by atoms with Gasteiger partial charge in [0.25, 0.3) is 0 Å². The molecule has 14 heavy (non-hydrogen) atoms. The minimum atomic E-state index is -3.72. The summed E-state index contributed by atoms with van der Waals surface area (Å²) in [5.41, 5.74) is -0.541. The molecule has 76 valence electrons. The van der Waals surface area contributed by atoms with E-state index in [0.29, 0.717) is 0 Å². The molecule has 0 aliphatic heterocycles. The molecule has 0 atom stereocenters. The molecule has 0 amide bonds. The van der Waals surface area contributed by atoms with Crippen molar-refractivity contribution in [3.05, 3.63) is 41.3 Å². The smallest absolute Gasteiger partial charge is 0.246 e. The van der Waals surface area contributed by atoms with Crippen LogP contribution in [-0.2, 0) is 10.0 Å². The van der Waals surface area contributed by atoms with E-state index >= 15 is 0 Å². The van der Waals surface area contributed by atoms with Gasteiger partial charge in [-0.3, -0.25) is 4.79 Å². The number of pyridine rings is 1. The third-order valence-corrected chi connectivity index (χ3v) is 2.94. The average molecular weight is 214 g/mol. The fourth-order valence-corrected chi connectivity index (χ4v) is 1.91. The number of nitrogens with one attached hydrogen (secondary N) is 2. The lowest BCUT2D eigenvalue weighted by Gasteiger charge is -2.02. The Bertz CT molecular complexity index is 475. The lowest BCUT2D eigenvalue weighted by atomic mass is 10.5. The molecule has 0 spiro atoms. The van der Waals surface area contributed by atoms with Crippen LogP contribution in [0.15, 0.2) is 40.8 Å². The monoisotopic (exact) mass is 214 g/mol. The van der Waals surface area contributed by atoms with Crippen LogP contribution in [-0.4, -0.2) is 19.9 Å². The summed E-state index contributed by atoms with van der Waals surface area (Å²) < 4.78 is 25.1. The van der Waals surface area contributed by atoms with Gasteiger partial charge in [-0.2, -0.15) is 0 Å². The summed E-state index contributed by atoms with van der Waals surface area (Å²) >= 11 is 0. The van der Waals surface area contributed by atoms with E-state index < -0.39 is 15.5 Å². The van der Waals surface area contributed by atoms with Gasteiger partial charge in [-0.1, -0.05) is 6.08 Å². The molecular weight excluding hydrogens is 204 g/mol. The molecule has 0 bridgehead atoms. The topological polar surface area (TPSA) is 79.0 Å². The molecule has 0 aliphatic carbocycles. The van der Waals surface area contributed by atoms with E-state index in [9.17, 15) is 13.2 Å². The second-order valence-corrected chi connectivity index (χ2v) is 4.25. The molecule has 0 aromatic carbocycles. The first-order valence-electron chi connectivity index (χ1n) is 3.85. The van der Waals surface area contributed by atoms with Crippen molar-refractivity contribution in [1.29, 1.82) is 0 Å². The maximum absolute atomic E-state index is 11.4. The van der Waals surface area contributed by atoms with E-state index in [0.717, 1.165) is 12.3 Å². The summed E-state index contributed by atoms with van der Waals surface area (Å²) in [6, 6.07) is 1.16. The maximum atomic E-state index is 11.4. The fraction of sp³-hybridized carbons (Fsp3) is 0.125. The Hall–Kier alpha value is -1.40. The summed E-state index contributed by atoms with van der Waals surface area (Å²) in [5.74, 6) is 0. The Balaban J connectivity index is 3.11. The highest BCUT2D eigenvalue weighted by Crippen LogP contribution is 1.98. The van der Waals surface area contributed by atoms with Crippen LogP contribution in [0, 0.1) is 0 Å². The van der Waals surface area contributed by atoms with E-state index in [2.05, 4.69) is 16.3 Å². The minimum Gasteiger partial charge on any atom is -0.366 e. The molecule has 1 rings (SSSR count). The van der Waals surface area contributed by atoms with Gasteiger partial charge in [-0.25, -0.2) is 13.1 Å². The third kappa shape index (κ3) is 2.30. The average Bonchev–Trinajstić information content (AvgIpc) is 2.15. The van der Waals surface area contributed by atoms with Gasteiger partial charge in [0.2, 0.25) is 15.5 Å². The zero-order chi connectivity index (χ0) is 10.6. The van der Waals surface area contributed by atoms with Gasteiger partial charge in [0, 0.05) is 25.0 Å². The Labute approximate surface area is 81.5 Å². The fourth-order valence-electron chi connectivity index (χ4n) is 0.857. The van der Waals surface area contributed by atoms with E-state index in [4.69, 9.17) is 0 Å². The van der Waals surface area contributed by atoms with Crippen molar-refractivity contribution in [1.82, 2.24) is 9.71 Å². The summed E-state index contributed by atoms with van der Waals surface area (Å²) in [4.78, 5) is 13.4. The van der Waals surface area contributed by atoms with Crippen molar-refractivity contribution < 1.29 is 8.42 Å². The van der Waals surface area contributed by atoms with Crippen LogP contribution in [0.25, 0.3) is 0 Å². The summed E-state index contributed by atoms with van der Waals surface area (Å²) in [6.07, 6.45) is 3.91. The molecular formula is C8H10N2O3S. The van der Waals surface area contributed by atoms with Crippen LogP contribution >= 0.6 is 0 Å². The van der Waals surface area contributed by atoms with Gasteiger partial charge in [-0.15, -0.1) is 6.58 Å². The van der Waals surface area contributed by atoms with Crippen LogP contribution in [0.2, 0.25) is 0 Å². The van der Waals surface area contributed by atoms with Crippen LogP contribution in [0.3, 0.4) is 0 Å². The lowest BCUT2D eigenvalue weighted by molar-refractivity contribution is 0.584. The summed E-state index contributed by atoms with van der Waals surface area (Å²) in [6.45, 7) is 3.46. The second-order valence-electron chi connectivity index (χ2n) is 2.51. The molecule has 0 aliphatic rings. The molecule has 1 aromatic heterocycles. The highest BCUT2D eigenvalue weighted by molar-refractivity contribution is 7.89. The van der Waals surface area contributed by atoms with E-state index in [1.54, 1.807) is 0 Å². The van der Waals surface area contributed by atoms with Gasteiger partial charge >= 0.3 is 0 Å². The second kappa shape index (κ2) is 4.21. The first-order valence-corrected chi connectivity index (χ1v) is 5.34. The minimum absolute atomic E-state index is 0.0939. The number of hydrogen-bond donors (Lipinski definition) is 2. The lowest BCUT2D eigenvalue weighted by Crippen LogP contribution is -2.28. The Kier molecular flexibility index (Phi) is 3.21. The number of aromatic nitrogens is 1. The van der Waals surface area contributed by atoms with Gasteiger partial charge in [0.05, 0.1) is 0 Å². The van der Waals surface area contributed by atoms with Crippen LogP contribution < -0.4 is 10.2 Å². The van der Waals surface area contributed by atoms with Gasteiger partial charge in [0.1, 0.15) is 4.90 Å². The number of H-pyrrole nitrogens is 1. The molecule has 0 saturated heterocycles. The predicted octanol–water partition coefficient (Wildman–Crippen LogP) is -0.161. The van der Waals surface area contributed by atoms with Crippen LogP contribution in [0.4, 0.5) is 0 Å². The van der Waals surface area contributed by atoms with E-state index in [1.807, 2.05) is 0 Å². The largest absolute Gasteiger partial charge is 0.366 e. The molecule has 0 unspecified atom stereocenters. The highest BCUT2D eigenvalue weighted by atomic mass is 32.2. The van der Waals surface area contributed by atoms with E-state index in [-0.39, 0.29) is 11.4 Å². The van der Waals surface area contributed by atoms with Crippen molar-refractivity contribution in [2.24, 2.45) is 0 Å². The number of aromatic amines is 1. The zero-order valence-corrected chi connectivity index (χ0v) is 8.17. The highest BCUT2D eigenvalue weighted by Gasteiger charge is 2.15. The third-order valence-electron chi connectivity index (χ3n) is 1.50. The standard InChI is InChI=1S/C8H10N2O3S/c1-2-4-10-14(12,13)8-6-9-5-3-7(8)11/h2-3,5-6,10H,1,4H2,(H,9,11). The summed E-state index contributed by atoms with van der Waals surface area (Å²) in [7, 11) is -3.72. The maximum Gasteiger partial charge on any atom is 0.246 e. The van der Waals surface area contributed by atoms with Crippen LogP contribution in [0.5, 0.6) is 0 Å². The Morgan fingerprint density at radius 2 is 2.29 bits per heavy atom. The quantitative estimate of drug-likeness (QED) is 0.683. The molecule has 6 heteroatoms. The number of sulfonamides is 1. The normalized spacial score (nSPS) is 11.1. The molecule has 0 saturated carbocycles. The van der Waals surface area contributed by atoms with Crippen molar-refractivity contribution in [2.75, 3.05) is 6.54 Å². The van der Waals surface area contributed by atoms with Crippen LogP contribution in [0.1, 0.15) is 0 Å². The summed E-state index contributed by atoms with van der Waals surface area (Å²) in [5, 5.41) is 0. The molecule has 2 N–H and O–H groups in total. The van der Waals surface area contributed by atoms with E-state index in [1.165, 1.54) is 12.3 Å². The molecule has 1 aromatic rings. The predicted molar refractivity (Wildman–Crippen MR) is 52.4 cm³/mol. The Morgan fingerprint density at radius 3 is 2.86 bits per heavy atom. The first-order chi connectivity index (χ1) is 6.58. The van der Waals surface area contributed by atoms with Gasteiger partial charge in [-0.05, 0) is 0 Å². The van der Waals surface area contributed by atoms with Gasteiger partial charge in [0.15, 0.2) is 0 Å². The van der Waals surface area contributed by atoms with Crippen molar-refractivity contribution >= 4 is 10.0 Å². The molecule has 0 fully saturated rings. The molecule has 5 nitrogen and oxygen atoms in total. The first kappa shape index (κ1) is 10.7. The number of hydrogen-bond acceptors (Lipinski definition) is 3. The SMILES string of the molecule is C=CCNS(=O)(=O)c1c[nH]ccc1=O. The van der Waals surface area contributed by atoms with Crippen molar-refractivity contribution in [3.8, 4) is 0 Å². The van der Waals surface area contributed by atoms with Gasteiger partial charge < -0.3 is 4.98 Å². The van der Waals surface area contributed by atoms with Crippen molar-refractivity contribution in [3.63, 3.8) is 0 Å². The number of rotatable bonds is 4. The van der Waals surface area contributed by atoms with Crippen molar-refractivity contribution in [2.45, 2.75) is 4.90 Å².